The number of rotatable bonds is 2. The molecule has 1 aliphatic heterocycles. The molecule has 0 saturated carbocycles. The van der Waals surface area contributed by atoms with Crippen molar-refractivity contribution in [3.63, 3.8) is 0 Å². The molecule has 0 unspecified atom stereocenters. The highest BCUT2D eigenvalue weighted by atomic mass is 79.9. The Morgan fingerprint density at radius 1 is 1.44 bits per heavy atom. The summed E-state index contributed by atoms with van der Waals surface area (Å²) in [5.41, 5.74) is -0.494. The molecule has 1 aliphatic carbocycles. The molecule has 2 rings (SSSR count). The zero-order valence-electron chi connectivity index (χ0n) is 10.8. The van der Waals surface area contributed by atoms with Gasteiger partial charge in [-0.2, -0.15) is 5.26 Å². The average molecular weight is 393 g/mol. The van der Waals surface area contributed by atoms with Gasteiger partial charge in [0.1, 0.15) is 16.4 Å². The molecule has 0 N–H and O–H groups in total. The SMILES string of the molecule is COC1=C(Br)[C@](C#N)([Si](C)(C)C)[C@]2(C=C1Br)CO2. The van der Waals surface area contributed by atoms with E-state index in [0.717, 1.165) is 8.96 Å². The molecule has 3 nitrogen and oxygen atoms in total. The second-order valence-electron chi connectivity index (χ2n) is 5.63. The molecule has 18 heavy (non-hydrogen) atoms. The normalized spacial score (nSPS) is 35.3. The molecule has 6 heteroatoms. The van der Waals surface area contributed by atoms with E-state index in [9.17, 15) is 5.26 Å². The van der Waals surface area contributed by atoms with E-state index in [-0.39, 0.29) is 0 Å². The van der Waals surface area contributed by atoms with Crippen LogP contribution in [0, 0.1) is 11.3 Å². The first kappa shape index (κ1) is 14.3. The van der Waals surface area contributed by atoms with Gasteiger partial charge in [0.2, 0.25) is 0 Å². The number of methoxy groups -OCH3 is 1. The lowest BCUT2D eigenvalue weighted by molar-refractivity contribution is 0.277. The summed E-state index contributed by atoms with van der Waals surface area (Å²) in [6, 6.07) is 2.53. The number of hydrogen-bond acceptors (Lipinski definition) is 3. The third-order valence-electron chi connectivity index (χ3n) is 3.69. The van der Waals surface area contributed by atoms with Crippen LogP contribution in [-0.2, 0) is 9.47 Å². The van der Waals surface area contributed by atoms with E-state index in [1.165, 1.54) is 0 Å². The van der Waals surface area contributed by atoms with Crippen LogP contribution in [0.25, 0.3) is 0 Å². The third-order valence-corrected chi connectivity index (χ3v) is 8.64. The number of allylic oxidation sites excluding steroid dienone is 1. The van der Waals surface area contributed by atoms with Crippen molar-refractivity contribution in [3.05, 3.63) is 20.8 Å². The topological polar surface area (TPSA) is 45.5 Å². The van der Waals surface area contributed by atoms with E-state index in [2.05, 4.69) is 57.6 Å². The Labute approximate surface area is 125 Å². The number of halogens is 2. The molecule has 0 aromatic carbocycles. The fourth-order valence-electron chi connectivity index (χ4n) is 2.68. The van der Waals surface area contributed by atoms with E-state index in [0.29, 0.717) is 12.4 Å². The number of nitriles is 1. The zero-order chi connectivity index (χ0) is 13.8. The van der Waals surface area contributed by atoms with Gasteiger partial charge in [0.05, 0.1) is 36.8 Å². The van der Waals surface area contributed by atoms with Gasteiger partial charge < -0.3 is 9.47 Å². The van der Waals surface area contributed by atoms with Crippen molar-refractivity contribution in [1.82, 2.24) is 0 Å². The Balaban J connectivity index is 2.73. The molecule has 1 fully saturated rings. The first-order valence-electron chi connectivity index (χ1n) is 5.64. The summed E-state index contributed by atoms with van der Waals surface area (Å²) in [6.45, 7) is 7.13. The second kappa shape index (κ2) is 4.20. The first-order chi connectivity index (χ1) is 8.25. The first-order valence-corrected chi connectivity index (χ1v) is 10.7. The van der Waals surface area contributed by atoms with Crippen LogP contribution in [0.5, 0.6) is 0 Å². The summed E-state index contributed by atoms with van der Waals surface area (Å²) in [5, 5.41) is 9.23. The van der Waals surface area contributed by atoms with Crippen molar-refractivity contribution < 1.29 is 9.47 Å². The number of nitrogens with zero attached hydrogens (tertiary/aromatic N) is 1. The quantitative estimate of drug-likeness (QED) is 0.528. The Bertz CT molecular complexity index is 497. The van der Waals surface area contributed by atoms with Gasteiger partial charge in [-0.25, -0.2) is 0 Å². The summed E-state index contributed by atoms with van der Waals surface area (Å²) in [7, 11) is -0.252. The zero-order valence-corrected chi connectivity index (χ0v) is 15.0. The van der Waals surface area contributed by atoms with Gasteiger partial charge in [-0.1, -0.05) is 35.6 Å². The van der Waals surface area contributed by atoms with Crippen molar-refractivity contribution in [2.75, 3.05) is 13.7 Å². The van der Waals surface area contributed by atoms with Crippen LogP contribution in [-0.4, -0.2) is 27.4 Å². The second-order valence-corrected chi connectivity index (χ2v) is 12.5. The van der Waals surface area contributed by atoms with Gasteiger partial charge in [-0.3, -0.25) is 0 Å². The predicted octanol–water partition coefficient (Wildman–Crippen LogP) is 3.90. The fraction of sp³-hybridized carbons (Fsp3) is 0.583. The summed E-state index contributed by atoms with van der Waals surface area (Å²) in [5.74, 6) is 0.695. The van der Waals surface area contributed by atoms with E-state index in [4.69, 9.17) is 9.47 Å². The molecule has 0 aromatic heterocycles. The van der Waals surface area contributed by atoms with E-state index >= 15 is 0 Å². The maximum absolute atomic E-state index is 9.86. The van der Waals surface area contributed by atoms with Crippen LogP contribution in [0.4, 0.5) is 0 Å². The van der Waals surface area contributed by atoms with Gasteiger partial charge in [-0.05, 0) is 22.0 Å². The largest absolute Gasteiger partial charge is 0.495 e. The van der Waals surface area contributed by atoms with Crippen molar-refractivity contribution >= 4 is 39.9 Å². The molecular formula is C12H15Br2NO2Si. The standard InChI is InChI=1S/C12H15Br2NO2Si/c1-16-9-8(13)5-11(7-17-11)12(6-15,10(9)14)18(2,3)4/h5H,7H2,1-4H3/t11-,12-/m0/s1. The lowest BCUT2D eigenvalue weighted by Crippen LogP contribution is -2.50. The minimum Gasteiger partial charge on any atom is -0.495 e. The maximum Gasteiger partial charge on any atom is 0.144 e. The van der Waals surface area contributed by atoms with Crippen LogP contribution in [0.15, 0.2) is 20.8 Å². The van der Waals surface area contributed by atoms with E-state index in [1.54, 1.807) is 7.11 Å². The van der Waals surface area contributed by atoms with E-state index < -0.39 is 18.7 Å². The summed E-state index contributed by atoms with van der Waals surface area (Å²) in [6.07, 6.45) is 1.98. The van der Waals surface area contributed by atoms with Crippen molar-refractivity contribution in [2.45, 2.75) is 30.3 Å². The van der Waals surface area contributed by atoms with Crippen molar-refractivity contribution in [2.24, 2.45) is 0 Å². The Hall–Kier alpha value is -0.0931. The Kier molecular flexibility index (Phi) is 3.34. The molecule has 98 valence electrons. The molecule has 0 aromatic rings. The summed E-state index contributed by atoms with van der Waals surface area (Å²) >= 11 is 7.10. The molecule has 1 spiro atoms. The number of hydrogen-bond donors (Lipinski definition) is 0. The molecule has 2 aliphatic rings. The summed E-state index contributed by atoms with van der Waals surface area (Å²) < 4.78 is 12.8. The van der Waals surface area contributed by atoms with Gasteiger partial charge in [0.15, 0.2) is 0 Å². The minimum atomic E-state index is -1.87. The van der Waals surface area contributed by atoms with Crippen LogP contribution in [0.2, 0.25) is 24.7 Å². The van der Waals surface area contributed by atoms with Gasteiger partial charge >= 0.3 is 0 Å². The van der Waals surface area contributed by atoms with Gasteiger partial charge in [-0.15, -0.1) is 0 Å². The fourth-order valence-corrected chi connectivity index (χ4v) is 8.85. The minimum absolute atomic E-state index is 0.494. The van der Waals surface area contributed by atoms with Crippen molar-refractivity contribution in [3.8, 4) is 6.07 Å². The smallest absolute Gasteiger partial charge is 0.144 e. The molecule has 0 bridgehead atoms. The lowest BCUT2D eigenvalue weighted by Gasteiger charge is -2.43. The Morgan fingerprint density at radius 2 is 2.00 bits per heavy atom. The van der Waals surface area contributed by atoms with E-state index in [1.807, 2.05) is 6.08 Å². The number of epoxide rings is 1. The molecule has 1 saturated heterocycles. The lowest BCUT2D eigenvalue weighted by atomic mass is 9.87. The molecule has 1 heterocycles. The molecular weight excluding hydrogens is 378 g/mol. The van der Waals surface area contributed by atoms with Gasteiger partial charge in [0.25, 0.3) is 0 Å². The monoisotopic (exact) mass is 391 g/mol. The molecule has 0 radical (unpaired) electrons. The third kappa shape index (κ3) is 1.61. The highest BCUT2D eigenvalue weighted by Gasteiger charge is 2.70. The highest BCUT2D eigenvalue weighted by molar-refractivity contribution is 9.12. The van der Waals surface area contributed by atoms with Crippen LogP contribution in [0.1, 0.15) is 0 Å². The van der Waals surface area contributed by atoms with Crippen LogP contribution in [0.3, 0.4) is 0 Å². The molecule has 0 amide bonds. The van der Waals surface area contributed by atoms with Gasteiger partial charge in [0, 0.05) is 0 Å². The van der Waals surface area contributed by atoms with Crippen molar-refractivity contribution in [1.29, 1.82) is 5.26 Å². The summed E-state index contributed by atoms with van der Waals surface area (Å²) in [4.78, 5) is 0. The number of ether oxygens (including phenoxy) is 2. The highest BCUT2D eigenvalue weighted by Crippen LogP contribution is 2.66. The predicted molar refractivity (Wildman–Crippen MR) is 80.3 cm³/mol. The average Bonchev–Trinajstić information content (AvgIpc) is 2.98. The maximum atomic E-state index is 9.86. The van der Waals surface area contributed by atoms with Crippen LogP contribution < -0.4 is 0 Å². The Morgan fingerprint density at radius 3 is 2.33 bits per heavy atom. The molecule has 2 atom stereocenters. The van der Waals surface area contributed by atoms with Crippen LogP contribution >= 0.6 is 31.9 Å².